The Morgan fingerprint density at radius 3 is 2.48 bits per heavy atom. The standard InChI is InChI=1S/C16H18N2O4S/c1-10-14(15(11(2)22-10)23(17,20)21)16(19)18-8-7-12-5-3-4-6-13(12)9-18/h3-6H,7-9H2,1-2H3,(H2,17,20,21). The average molecular weight is 334 g/mol. The Morgan fingerprint density at radius 2 is 1.83 bits per heavy atom. The van der Waals surface area contributed by atoms with Crippen molar-refractivity contribution in [2.24, 2.45) is 5.14 Å². The van der Waals surface area contributed by atoms with Crippen LogP contribution in [-0.4, -0.2) is 25.8 Å². The normalized spacial score (nSPS) is 14.7. The summed E-state index contributed by atoms with van der Waals surface area (Å²) in [6.45, 7) is 4.05. The third-order valence-electron chi connectivity index (χ3n) is 4.12. The van der Waals surface area contributed by atoms with Crippen molar-refractivity contribution in [1.29, 1.82) is 0 Å². The van der Waals surface area contributed by atoms with Crippen LogP contribution in [-0.2, 0) is 23.0 Å². The SMILES string of the molecule is Cc1oc(C)c(S(N)(=O)=O)c1C(=O)N1CCc2ccccc2C1. The molecular formula is C16H18N2O4S. The van der Waals surface area contributed by atoms with Crippen molar-refractivity contribution in [3.05, 3.63) is 52.5 Å². The summed E-state index contributed by atoms with van der Waals surface area (Å²) in [4.78, 5) is 14.3. The van der Waals surface area contributed by atoms with Gasteiger partial charge < -0.3 is 9.32 Å². The maximum atomic E-state index is 12.9. The number of amides is 1. The van der Waals surface area contributed by atoms with Crippen LogP contribution in [0.25, 0.3) is 0 Å². The molecule has 1 aromatic carbocycles. The number of carbonyl (C=O) groups excluding carboxylic acids is 1. The second-order valence-corrected chi connectivity index (χ2v) is 7.21. The predicted octanol–water partition coefficient (Wildman–Crippen LogP) is 1.74. The molecule has 1 aromatic heterocycles. The van der Waals surface area contributed by atoms with E-state index in [0.29, 0.717) is 13.1 Å². The molecule has 0 saturated carbocycles. The maximum absolute atomic E-state index is 12.9. The van der Waals surface area contributed by atoms with E-state index in [2.05, 4.69) is 0 Å². The van der Waals surface area contributed by atoms with E-state index in [1.54, 1.807) is 11.8 Å². The Morgan fingerprint density at radius 1 is 1.17 bits per heavy atom. The number of nitrogens with two attached hydrogens (primary N) is 1. The van der Waals surface area contributed by atoms with Crippen LogP contribution in [0.2, 0.25) is 0 Å². The fraction of sp³-hybridized carbons (Fsp3) is 0.312. The number of fused-ring (bicyclic) bond motifs is 1. The molecule has 7 heteroatoms. The molecule has 2 heterocycles. The Bertz CT molecular complexity index is 883. The van der Waals surface area contributed by atoms with E-state index in [4.69, 9.17) is 9.56 Å². The average Bonchev–Trinajstić information content (AvgIpc) is 2.80. The Labute approximate surface area is 134 Å². The number of primary sulfonamides is 1. The molecule has 0 bridgehead atoms. The van der Waals surface area contributed by atoms with Crippen LogP contribution in [0, 0.1) is 13.8 Å². The lowest BCUT2D eigenvalue weighted by molar-refractivity contribution is 0.0729. The maximum Gasteiger partial charge on any atom is 0.259 e. The number of benzene rings is 1. The largest absolute Gasteiger partial charge is 0.464 e. The minimum Gasteiger partial charge on any atom is -0.464 e. The molecule has 2 N–H and O–H groups in total. The number of rotatable bonds is 2. The lowest BCUT2D eigenvalue weighted by Crippen LogP contribution is -2.37. The first-order valence-electron chi connectivity index (χ1n) is 7.28. The molecule has 0 aliphatic carbocycles. The van der Waals surface area contributed by atoms with E-state index in [0.717, 1.165) is 12.0 Å². The molecule has 3 rings (SSSR count). The van der Waals surface area contributed by atoms with Gasteiger partial charge in [0.1, 0.15) is 22.0 Å². The fourth-order valence-electron chi connectivity index (χ4n) is 3.08. The van der Waals surface area contributed by atoms with Gasteiger partial charge in [-0.1, -0.05) is 24.3 Å². The lowest BCUT2D eigenvalue weighted by Gasteiger charge is -2.29. The topological polar surface area (TPSA) is 93.6 Å². The van der Waals surface area contributed by atoms with Crippen LogP contribution in [0.1, 0.15) is 33.0 Å². The Kier molecular flexibility index (Phi) is 3.77. The highest BCUT2D eigenvalue weighted by Gasteiger charge is 2.32. The van der Waals surface area contributed by atoms with E-state index < -0.39 is 10.0 Å². The molecular weight excluding hydrogens is 316 g/mol. The summed E-state index contributed by atoms with van der Waals surface area (Å²) >= 11 is 0. The molecule has 23 heavy (non-hydrogen) atoms. The van der Waals surface area contributed by atoms with Crippen LogP contribution >= 0.6 is 0 Å². The lowest BCUT2D eigenvalue weighted by atomic mass is 9.99. The van der Waals surface area contributed by atoms with Gasteiger partial charge in [0.05, 0.1) is 0 Å². The second-order valence-electron chi connectivity index (χ2n) is 5.71. The molecule has 2 aromatic rings. The number of hydrogen-bond donors (Lipinski definition) is 1. The summed E-state index contributed by atoms with van der Waals surface area (Å²) in [5, 5.41) is 5.26. The van der Waals surface area contributed by atoms with Crippen molar-refractivity contribution in [2.45, 2.75) is 31.7 Å². The molecule has 122 valence electrons. The minimum absolute atomic E-state index is 0.0457. The van der Waals surface area contributed by atoms with Crippen molar-refractivity contribution in [3.8, 4) is 0 Å². The minimum atomic E-state index is -4.03. The van der Waals surface area contributed by atoms with E-state index in [-0.39, 0.29) is 27.9 Å². The molecule has 0 saturated heterocycles. The van der Waals surface area contributed by atoms with Crippen LogP contribution in [0.3, 0.4) is 0 Å². The third kappa shape index (κ3) is 2.77. The molecule has 6 nitrogen and oxygen atoms in total. The highest BCUT2D eigenvalue weighted by molar-refractivity contribution is 7.89. The van der Waals surface area contributed by atoms with Crippen molar-refractivity contribution in [3.63, 3.8) is 0 Å². The Balaban J connectivity index is 2.00. The zero-order valence-electron chi connectivity index (χ0n) is 13.0. The monoisotopic (exact) mass is 334 g/mol. The van der Waals surface area contributed by atoms with Gasteiger partial charge in [-0.15, -0.1) is 0 Å². The predicted molar refractivity (Wildman–Crippen MR) is 84.4 cm³/mol. The number of nitrogens with zero attached hydrogens (tertiary/aromatic N) is 1. The van der Waals surface area contributed by atoms with E-state index >= 15 is 0 Å². The molecule has 1 aliphatic rings. The van der Waals surface area contributed by atoms with Crippen LogP contribution in [0.5, 0.6) is 0 Å². The number of sulfonamides is 1. The summed E-state index contributed by atoms with van der Waals surface area (Å²) in [6.07, 6.45) is 0.739. The van der Waals surface area contributed by atoms with Gasteiger partial charge in [0.2, 0.25) is 10.0 Å². The summed E-state index contributed by atoms with van der Waals surface area (Å²) in [5.74, 6) is 0.0546. The smallest absolute Gasteiger partial charge is 0.259 e. The summed E-state index contributed by atoms with van der Waals surface area (Å²) in [6, 6.07) is 7.91. The molecule has 0 atom stereocenters. The highest BCUT2D eigenvalue weighted by Crippen LogP contribution is 2.28. The van der Waals surface area contributed by atoms with Gasteiger partial charge in [0.15, 0.2) is 0 Å². The van der Waals surface area contributed by atoms with E-state index in [1.807, 2.05) is 24.3 Å². The van der Waals surface area contributed by atoms with Gasteiger partial charge in [-0.05, 0) is 31.4 Å². The summed E-state index contributed by atoms with van der Waals surface area (Å²) in [7, 11) is -4.03. The fourth-order valence-corrected chi connectivity index (χ4v) is 4.04. The summed E-state index contributed by atoms with van der Waals surface area (Å²) in [5.41, 5.74) is 2.33. The molecule has 0 radical (unpaired) electrons. The summed E-state index contributed by atoms with van der Waals surface area (Å²) < 4.78 is 29.0. The molecule has 0 unspecified atom stereocenters. The van der Waals surface area contributed by atoms with Gasteiger partial charge in [-0.3, -0.25) is 4.79 Å². The van der Waals surface area contributed by atoms with E-state index in [9.17, 15) is 13.2 Å². The van der Waals surface area contributed by atoms with Gasteiger partial charge in [-0.25, -0.2) is 13.6 Å². The number of hydrogen-bond acceptors (Lipinski definition) is 4. The Hall–Kier alpha value is -2.12. The molecule has 0 fully saturated rings. The van der Waals surface area contributed by atoms with Crippen LogP contribution < -0.4 is 5.14 Å². The number of aryl methyl sites for hydroxylation is 2. The van der Waals surface area contributed by atoms with Crippen LogP contribution in [0.15, 0.2) is 33.6 Å². The van der Waals surface area contributed by atoms with Crippen molar-refractivity contribution >= 4 is 15.9 Å². The van der Waals surface area contributed by atoms with Gasteiger partial charge in [0.25, 0.3) is 5.91 Å². The zero-order valence-corrected chi connectivity index (χ0v) is 13.8. The van der Waals surface area contributed by atoms with Crippen LogP contribution in [0.4, 0.5) is 0 Å². The van der Waals surface area contributed by atoms with Gasteiger partial charge in [-0.2, -0.15) is 0 Å². The zero-order chi connectivity index (χ0) is 16.8. The molecule has 1 aliphatic heterocycles. The highest BCUT2D eigenvalue weighted by atomic mass is 32.2. The third-order valence-corrected chi connectivity index (χ3v) is 5.18. The van der Waals surface area contributed by atoms with Gasteiger partial charge in [0, 0.05) is 13.1 Å². The van der Waals surface area contributed by atoms with Crippen molar-refractivity contribution in [1.82, 2.24) is 4.90 Å². The van der Waals surface area contributed by atoms with Crippen molar-refractivity contribution < 1.29 is 17.6 Å². The molecule has 1 amide bonds. The van der Waals surface area contributed by atoms with Crippen molar-refractivity contribution in [2.75, 3.05) is 6.54 Å². The van der Waals surface area contributed by atoms with E-state index in [1.165, 1.54) is 12.5 Å². The molecule has 0 spiro atoms. The first kappa shape index (κ1) is 15.8. The van der Waals surface area contributed by atoms with Gasteiger partial charge >= 0.3 is 0 Å². The quantitative estimate of drug-likeness (QED) is 0.905. The number of furan rings is 1. The number of carbonyl (C=O) groups is 1. The first-order chi connectivity index (χ1) is 10.8. The second kappa shape index (κ2) is 5.50. The first-order valence-corrected chi connectivity index (χ1v) is 8.82.